The molecule has 150 valence electrons. The van der Waals surface area contributed by atoms with Crippen LogP contribution in [-0.4, -0.2) is 35.2 Å². The summed E-state index contributed by atoms with van der Waals surface area (Å²) in [4.78, 5) is 25.3. The lowest BCUT2D eigenvalue weighted by Gasteiger charge is -2.58. The first-order valence-corrected chi connectivity index (χ1v) is 10.8. The summed E-state index contributed by atoms with van der Waals surface area (Å²) in [7, 11) is 0. The topological polar surface area (TPSA) is 75.6 Å². The Morgan fingerprint density at radius 2 is 2.00 bits per heavy atom. The number of hydrogen-bond donors (Lipinski definition) is 2. The Labute approximate surface area is 161 Å². The normalized spacial score (nSPS) is 38.2. The number of rotatable bonds is 6. The van der Waals surface area contributed by atoms with Gasteiger partial charge in [0.1, 0.15) is 0 Å². The fourth-order valence-corrected chi connectivity index (χ4v) is 6.41. The van der Waals surface area contributed by atoms with E-state index in [1.807, 2.05) is 0 Å². The molecule has 5 heteroatoms. The second-order valence-corrected chi connectivity index (χ2v) is 9.66. The maximum atomic E-state index is 13.0. The van der Waals surface area contributed by atoms with Gasteiger partial charge in [0.15, 0.2) is 6.10 Å². The number of nitrogens with one attached hydrogen (secondary N) is 1. The van der Waals surface area contributed by atoms with Crippen molar-refractivity contribution in [3.63, 3.8) is 0 Å². The van der Waals surface area contributed by atoms with Crippen molar-refractivity contribution in [2.45, 2.75) is 89.3 Å². The maximum Gasteiger partial charge on any atom is 0.312 e. The molecular formula is C22H33NO4. The Hall–Kier alpha value is -1.36. The van der Waals surface area contributed by atoms with Gasteiger partial charge in [-0.05, 0) is 89.4 Å². The molecular weight excluding hydrogens is 342 g/mol. The highest BCUT2D eigenvalue weighted by Gasteiger charge is 2.61. The molecule has 5 nitrogen and oxygen atoms in total. The Morgan fingerprint density at radius 1 is 1.26 bits per heavy atom. The fraction of sp³-hybridized carbons (Fsp3) is 0.818. The van der Waals surface area contributed by atoms with Crippen molar-refractivity contribution in [1.29, 1.82) is 0 Å². The molecule has 0 unspecified atom stereocenters. The highest BCUT2D eigenvalue weighted by Crippen LogP contribution is 2.62. The van der Waals surface area contributed by atoms with Gasteiger partial charge in [0.2, 0.25) is 0 Å². The first kappa shape index (κ1) is 19.0. The molecule has 1 amide bonds. The molecule has 4 fully saturated rings. The molecule has 0 spiro atoms. The van der Waals surface area contributed by atoms with Crippen molar-refractivity contribution in [3.8, 4) is 0 Å². The van der Waals surface area contributed by atoms with E-state index in [0.717, 1.165) is 51.4 Å². The smallest absolute Gasteiger partial charge is 0.312 e. The van der Waals surface area contributed by atoms with Crippen molar-refractivity contribution in [2.75, 3.05) is 6.54 Å². The van der Waals surface area contributed by atoms with Gasteiger partial charge in [-0.2, -0.15) is 0 Å². The number of carbonyl (C=O) groups is 2. The summed E-state index contributed by atoms with van der Waals surface area (Å²) >= 11 is 0. The lowest BCUT2D eigenvalue weighted by molar-refractivity contribution is -0.200. The van der Waals surface area contributed by atoms with Gasteiger partial charge in [-0.15, -0.1) is 0 Å². The summed E-state index contributed by atoms with van der Waals surface area (Å²) in [6.45, 7) is 2.25. The molecule has 4 saturated carbocycles. The molecule has 4 bridgehead atoms. The van der Waals surface area contributed by atoms with Crippen LogP contribution in [0.25, 0.3) is 0 Å². The molecule has 0 aliphatic heterocycles. The summed E-state index contributed by atoms with van der Waals surface area (Å²) in [6.07, 6.45) is 12.1. The zero-order chi connectivity index (χ0) is 19.1. The molecule has 0 aromatic rings. The van der Waals surface area contributed by atoms with Crippen LogP contribution in [-0.2, 0) is 14.3 Å². The van der Waals surface area contributed by atoms with Crippen LogP contribution in [0.2, 0.25) is 0 Å². The average Bonchev–Trinajstić information content (AvgIpc) is 2.60. The fourth-order valence-electron chi connectivity index (χ4n) is 6.41. The molecule has 0 heterocycles. The average molecular weight is 376 g/mol. The van der Waals surface area contributed by atoms with E-state index in [1.54, 1.807) is 6.92 Å². The van der Waals surface area contributed by atoms with Crippen LogP contribution in [0.4, 0.5) is 0 Å². The largest absolute Gasteiger partial charge is 0.452 e. The van der Waals surface area contributed by atoms with Gasteiger partial charge in [0.25, 0.3) is 5.91 Å². The summed E-state index contributed by atoms with van der Waals surface area (Å²) in [5, 5.41) is 13.7. The number of esters is 1. The van der Waals surface area contributed by atoms with Gasteiger partial charge in [0.05, 0.1) is 11.0 Å². The number of carbonyl (C=O) groups excluding carboxylic acids is 2. The van der Waals surface area contributed by atoms with Gasteiger partial charge in [0, 0.05) is 6.54 Å². The third kappa shape index (κ3) is 3.94. The van der Waals surface area contributed by atoms with Crippen molar-refractivity contribution in [2.24, 2.45) is 17.3 Å². The Balaban J connectivity index is 1.28. The highest BCUT2D eigenvalue weighted by molar-refractivity contribution is 5.85. The Kier molecular flexibility index (Phi) is 5.08. The first-order chi connectivity index (χ1) is 12.9. The molecule has 0 aromatic heterocycles. The van der Waals surface area contributed by atoms with E-state index in [-0.39, 0.29) is 11.9 Å². The Morgan fingerprint density at radius 3 is 2.63 bits per heavy atom. The van der Waals surface area contributed by atoms with E-state index in [1.165, 1.54) is 18.4 Å². The quantitative estimate of drug-likeness (QED) is 0.552. The van der Waals surface area contributed by atoms with Crippen molar-refractivity contribution >= 4 is 11.9 Å². The van der Waals surface area contributed by atoms with Crippen molar-refractivity contribution < 1.29 is 19.4 Å². The van der Waals surface area contributed by atoms with E-state index < -0.39 is 17.1 Å². The molecule has 5 aliphatic carbocycles. The highest BCUT2D eigenvalue weighted by atomic mass is 16.5. The predicted octanol–water partition coefficient (Wildman–Crippen LogP) is 3.26. The maximum absolute atomic E-state index is 13.0. The zero-order valence-corrected chi connectivity index (χ0v) is 16.5. The van der Waals surface area contributed by atoms with Crippen LogP contribution in [0.1, 0.15) is 77.6 Å². The van der Waals surface area contributed by atoms with Gasteiger partial charge < -0.3 is 15.2 Å². The number of ether oxygens (including phenoxy) is 1. The van der Waals surface area contributed by atoms with Crippen LogP contribution in [0.5, 0.6) is 0 Å². The van der Waals surface area contributed by atoms with Gasteiger partial charge in [-0.1, -0.05) is 11.6 Å². The first-order valence-electron chi connectivity index (χ1n) is 10.8. The van der Waals surface area contributed by atoms with Crippen LogP contribution in [0.3, 0.4) is 0 Å². The standard InChI is InChI=1S/C22H33NO4/c1-15(19(24)23-8-7-16-5-3-2-4-6-16)27-20(25)21-10-17-9-18(11-21)13-22(26,12-17)14-21/h5,15,17-18,26H,2-4,6-14H2,1H3,(H,23,24)/t15-,17+,18+,21?,22?/m1/s1. The zero-order valence-electron chi connectivity index (χ0n) is 16.5. The van der Waals surface area contributed by atoms with Crippen molar-refractivity contribution in [1.82, 2.24) is 5.32 Å². The molecule has 5 rings (SSSR count). The summed E-state index contributed by atoms with van der Waals surface area (Å²) in [5.74, 6) is 0.365. The van der Waals surface area contributed by atoms with E-state index in [2.05, 4.69) is 11.4 Å². The second kappa shape index (κ2) is 7.23. The summed E-state index contributed by atoms with van der Waals surface area (Å²) in [6, 6.07) is 0. The minimum atomic E-state index is -0.777. The van der Waals surface area contributed by atoms with E-state index >= 15 is 0 Å². The van der Waals surface area contributed by atoms with Crippen molar-refractivity contribution in [3.05, 3.63) is 11.6 Å². The molecule has 27 heavy (non-hydrogen) atoms. The van der Waals surface area contributed by atoms with E-state index in [9.17, 15) is 14.7 Å². The third-order valence-corrected chi connectivity index (χ3v) is 7.25. The Bertz CT molecular complexity index is 626. The van der Waals surface area contributed by atoms with Gasteiger partial charge in [-0.25, -0.2) is 0 Å². The van der Waals surface area contributed by atoms with E-state index in [4.69, 9.17) is 4.74 Å². The van der Waals surface area contributed by atoms with Gasteiger partial charge >= 0.3 is 5.97 Å². The molecule has 0 radical (unpaired) electrons. The molecule has 2 N–H and O–H groups in total. The van der Waals surface area contributed by atoms with E-state index in [0.29, 0.717) is 24.8 Å². The molecule has 5 aliphatic rings. The molecule has 3 atom stereocenters. The number of amides is 1. The minimum absolute atomic E-state index is 0.219. The number of hydrogen-bond acceptors (Lipinski definition) is 4. The second-order valence-electron chi connectivity index (χ2n) is 9.66. The predicted molar refractivity (Wildman–Crippen MR) is 102 cm³/mol. The van der Waals surface area contributed by atoms with Crippen LogP contribution in [0.15, 0.2) is 11.6 Å². The SMILES string of the molecule is C[C@@H](OC(=O)C12C[C@@H]3C[C@H](CC(O)(C3)C1)C2)C(=O)NCCC1=CCCCC1. The van der Waals surface area contributed by atoms with Crippen LogP contribution in [0, 0.1) is 17.3 Å². The molecule has 0 saturated heterocycles. The summed E-state index contributed by atoms with van der Waals surface area (Å²) < 4.78 is 5.61. The number of allylic oxidation sites excluding steroid dienone is 1. The lowest BCUT2D eigenvalue weighted by atomic mass is 9.48. The van der Waals surface area contributed by atoms with Crippen LogP contribution >= 0.6 is 0 Å². The lowest BCUT2D eigenvalue weighted by Crippen LogP contribution is -2.59. The number of aliphatic hydroxyl groups is 1. The van der Waals surface area contributed by atoms with Crippen LogP contribution < -0.4 is 5.32 Å². The minimum Gasteiger partial charge on any atom is -0.452 e. The third-order valence-electron chi connectivity index (χ3n) is 7.25. The monoisotopic (exact) mass is 375 g/mol. The summed E-state index contributed by atoms with van der Waals surface area (Å²) in [5.41, 5.74) is 0.163. The van der Waals surface area contributed by atoms with Gasteiger partial charge in [-0.3, -0.25) is 9.59 Å². The molecule has 0 aromatic carbocycles.